The summed E-state index contributed by atoms with van der Waals surface area (Å²) in [5.41, 5.74) is 3.38. The van der Waals surface area contributed by atoms with E-state index in [9.17, 15) is 13.2 Å². The summed E-state index contributed by atoms with van der Waals surface area (Å²) >= 11 is 0. The molecule has 1 amide bonds. The summed E-state index contributed by atoms with van der Waals surface area (Å²) < 4.78 is 27.1. The van der Waals surface area contributed by atoms with Gasteiger partial charge in [0.1, 0.15) is 0 Å². The highest BCUT2D eigenvalue weighted by Crippen LogP contribution is 2.11. The number of hydrogen-bond acceptors (Lipinski definition) is 3. The number of aryl methyl sites for hydroxylation is 1. The average Bonchev–Trinajstić information content (AvgIpc) is 2.72. The maximum atomic E-state index is 12.3. The lowest BCUT2D eigenvalue weighted by atomic mass is 10.1. The van der Waals surface area contributed by atoms with Crippen molar-refractivity contribution >= 4 is 15.9 Å². The number of benzene rings is 3. The lowest BCUT2D eigenvalue weighted by Crippen LogP contribution is -2.24. The molecule has 28 heavy (non-hydrogen) atoms. The van der Waals surface area contributed by atoms with Crippen LogP contribution in [0, 0.1) is 6.92 Å². The van der Waals surface area contributed by atoms with Gasteiger partial charge in [-0.1, -0.05) is 60.7 Å². The molecule has 0 unspecified atom stereocenters. The van der Waals surface area contributed by atoms with Crippen molar-refractivity contribution in [1.82, 2.24) is 10.0 Å². The number of rotatable bonds is 7. The van der Waals surface area contributed by atoms with Crippen molar-refractivity contribution in [3.05, 3.63) is 101 Å². The van der Waals surface area contributed by atoms with Gasteiger partial charge in [-0.2, -0.15) is 0 Å². The Hall–Kier alpha value is -2.96. The average molecular weight is 394 g/mol. The highest BCUT2D eigenvalue weighted by molar-refractivity contribution is 7.89. The third-order valence-corrected chi connectivity index (χ3v) is 5.80. The molecule has 5 nitrogen and oxygen atoms in total. The molecule has 0 fully saturated rings. The zero-order valence-electron chi connectivity index (χ0n) is 15.6. The molecule has 6 heteroatoms. The minimum Gasteiger partial charge on any atom is -0.348 e. The highest BCUT2D eigenvalue weighted by atomic mass is 32.2. The minimum absolute atomic E-state index is 0.113. The fraction of sp³-hybridized carbons (Fsp3) is 0.136. The predicted octanol–water partition coefficient (Wildman–Crippen LogP) is 3.40. The minimum atomic E-state index is -3.53. The Kier molecular flexibility index (Phi) is 6.23. The number of amides is 1. The van der Waals surface area contributed by atoms with Crippen LogP contribution in [0.1, 0.15) is 27.0 Å². The van der Waals surface area contributed by atoms with E-state index in [0.717, 1.165) is 16.7 Å². The molecule has 0 heterocycles. The Bertz CT molecular complexity index is 1050. The molecule has 144 valence electrons. The van der Waals surface area contributed by atoms with Gasteiger partial charge in [-0.05, 0) is 41.8 Å². The molecule has 3 aromatic carbocycles. The quantitative estimate of drug-likeness (QED) is 0.645. The summed E-state index contributed by atoms with van der Waals surface area (Å²) in [4.78, 5) is 12.5. The van der Waals surface area contributed by atoms with Gasteiger partial charge in [0, 0.05) is 18.7 Å². The SMILES string of the molecule is Cc1ccccc1C(=O)NCc1ccc(CNS(=O)(=O)c2ccccc2)cc1. The van der Waals surface area contributed by atoms with Crippen LogP contribution in [0.15, 0.2) is 83.8 Å². The normalized spacial score (nSPS) is 11.2. The molecule has 0 saturated heterocycles. The van der Waals surface area contributed by atoms with E-state index in [1.54, 1.807) is 36.4 Å². The molecule has 3 aromatic rings. The van der Waals surface area contributed by atoms with Gasteiger partial charge in [-0.15, -0.1) is 0 Å². The van der Waals surface area contributed by atoms with Gasteiger partial charge in [0.05, 0.1) is 4.90 Å². The molecule has 0 saturated carbocycles. The Morgan fingerprint density at radius 1 is 0.786 bits per heavy atom. The van der Waals surface area contributed by atoms with E-state index in [0.29, 0.717) is 12.1 Å². The summed E-state index contributed by atoms with van der Waals surface area (Å²) in [5, 5.41) is 2.90. The van der Waals surface area contributed by atoms with Crippen molar-refractivity contribution in [2.45, 2.75) is 24.9 Å². The molecule has 0 aliphatic carbocycles. The van der Waals surface area contributed by atoms with Crippen LogP contribution < -0.4 is 10.0 Å². The molecule has 0 radical (unpaired) electrons. The fourth-order valence-corrected chi connectivity index (χ4v) is 3.78. The molecule has 0 aliphatic heterocycles. The summed E-state index contributed by atoms with van der Waals surface area (Å²) in [6.45, 7) is 2.51. The maximum absolute atomic E-state index is 12.3. The van der Waals surface area contributed by atoms with Crippen molar-refractivity contribution in [1.29, 1.82) is 0 Å². The van der Waals surface area contributed by atoms with Gasteiger partial charge in [0.15, 0.2) is 0 Å². The molecule has 3 rings (SSSR count). The van der Waals surface area contributed by atoms with Crippen LogP contribution in [0.3, 0.4) is 0 Å². The third kappa shape index (κ3) is 5.06. The first-order chi connectivity index (χ1) is 13.5. The smallest absolute Gasteiger partial charge is 0.251 e. The number of nitrogens with one attached hydrogen (secondary N) is 2. The molecular weight excluding hydrogens is 372 g/mol. The van der Waals surface area contributed by atoms with Gasteiger partial charge in [-0.3, -0.25) is 4.79 Å². The second-order valence-electron chi connectivity index (χ2n) is 6.45. The Labute approximate surface area is 165 Å². The first-order valence-electron chi connectivity index (χ1n) is 8.92. The molecule has 2 N–H and O–H groups in total. The van der Waals surface area contributed by atoms with Crippen LogP contribution in [0.2, 0.25) is 0 Å². The zero-order valence-corrected chi connectivity index (χ0v) is 16.4. The van der Waals surface area contributed by atoms with Crippen LogP contribution >= 0.6 is 0 Å². The van der Waals surface area contributed by atoms with E-state index in [1.165, 1.54) is 0 Å². The van der Waals surface area contributed by atoms with E-state index in [-0.39, 0.29) is 17.3 Å². The first-order valence-corrected chi connectivity index (χ1v) is 10.4. The molecular formula is C22H22N2O3S. The molecule has 0 atom stereocenters. The van der Waals surface area contributed by atoms with Gasteiger partial charge in [0.2, 0.25) is 10.0 Å². The summed E-state index contributed by atoms with van der Waals surface area (Å²) in [6, 6.07) is 23.2. The molecule has 0 bridgehead atoms. The monoisotopic (exact) mass is 394 g/mol. The van der Waals surface area contributed by atoms with Crippen LogP contribution in [-0.4, -0.2) is 14.3 Å². The lowest BCUT2D eigenvalue weighted by molar-refractivity contribution is 0.0950. The number of sulfonamides is 1. The molecule has 0 aromatic heterocycles. The summed E-state index contributed by atoms with van der Waals surface area (Å²) in [7, 11) is -3.53. The van der Waals surface area contributed by atoms with Gasteiger partial charge < -0.3 is 5.32 Å². The summed E-state index contributed by atoms with van der Waals surface area (Å²) in [6.07, 6.45) is 0. The fourth-order valence-electron chi connectivity index (χ4n) is 2.74. The number of carbonyl (C=O) groups is 1. The Morgan fingerprint density at radius 3 is 2.00 bits per heavy atom. The molecule has 0 spiro atoms. The predicted molar refractivity (Wildman–Crippen MR) is 109 cm³/mol. The van der Waals surface area contributed by atoms with Gasteiger partial charge in [-0.25, -0.2) is 13.1 Å². The van der Waals surface area contributed by atoms with E-state index in [1.807, 2.05) is 49.4 Å². The first kappa shape index (κ1) is 19.8. The van der Waals surface area contributed by atoms with Gasteiger partial charge in [0.25, 0.3) is 5.91 Å². The van der Waals surface area contributed by atoms with E-state index in [2.05, 4.69) is 10.0 Å². The number of carbonyl (C=O) groups excluding carboxylic acids is 1. The topological polar surface area (TPSA) is 75.3 Å². The standard InChI is InChI=1S/C22H22N2O3S/c1-17-7-5-6-10-21(17)22(25)23-15-18-11-13-19(14-12-18)16-24-28(26,27)20-8-3-2-4-9-20/h2-14,24H,15-16H2,1H3,(H,23,25). The van der Waals surface area contributed by atoms with Crippen molar-refractivity contribution in [2.75, 3.05) is 0 Å². The van der Waals surface area contributed by atoms with Crippen molar-refractivity contribution < 1.29 is 13.2 Å². The van der Waals surface area contributed by atoms with Crippen molar-refractivity contribution in [3.63, 3.8) is 0 Å². The Morgan fingerprint density at radius 2 is 1.36 bits per heavy atom. The zero-order chi connectivity index (χ0) is 20.0. The maximum Gasteiger partial charge on any atom is 0.251 e. The highest BCUT2D eigenvalue weighted by Gasteiger charge is 2.12. The van der Waals surface area contributed by atoms with E-state index < -0.39 is 10.0 Å². The third-order valence-electron chi connectivity index (χ3n) is 4.39. The van der Waals surface area contributed by atoms with Crippen molar-refractivity contribution in [3.8, 4) is 0 Å². The van der Waals surface area contributed by atoms with Crippen LogP contribution in [-0.2, 0) is 23.1 Å². The number of hydrogen-bond donors (Lipinski definition) is 2. The van der Waals surface area contributed by atoms with Crippen molar-refractivity contribution in [2.24, 2.45) is 0 Å². The molecule has 0 aliphatic rings. The van der Waals surface area contributed by atoms with Gasteiger partial charge >= 0.3 is 0 Å². The second kappa shape index (κ2) is 8.82. The van der Waals surface area contributed by atoms with Crippen LogP contribution in [0.4, 0.5) is 0 Å². The van der Waals surface area contributed by atoms with E-state index >= 15 is 0 Å². The Balaban J connectivity index is 1.55. The van der Waals surface area contributed by atoms with E-state index in [4.69, 9.17) is 0 Å². The summed E-state index contributed by atoms with van der Waals surface area (Å²) in [5.74, 6) is -0.113. The largest absolute Gasteiger partial charge is 0.348 e. The van der Waals surface area contributed by atoms with Crippen LogP contribution in [0.25, 0.3) is 0 Å². The van der Waals surface area contributed by atoms with Crippen LogP contribution in [0.5, 0.6) is 0 Å². The lowest BCUT2D eigenvalue weighted by Gasteiger charge is -2.09. The second-order valence-corrected chi connectivity index (χ2v) is 8.22.